The summed E-state index contributed by atoms with van der Waals surface area (Å²) in [5.74, 6) is 0.0338. The third kappa shape index (κ3) is 1.76. The molecule has 2 atom stereocenters. The van der Waals surface area contributed by atoms with E-state index in [1.807, 2.05) is 11.6 Å². The van der Waals surface area contributed by atoms with Gasteiger partial charge in [-0.05, 0) is 12.1 Å². The molecule has 94 valence electrons. The van der Waals surface area contributed by atoms with Crippen molar-refractivity contribution in [1.29, 1.82) is 0 Å². The highest BCUT2D eigenvalue weighted by Crippen LogP contribution is 2.40. The first-order valence-corrected chi connectivity index (χ1v) is 5.75. The van der Waals surface area contributed by atoms with Gasteiger partial charge in [0.15, 0.2) is 0 Å². The zero-order chi connectivity index (χ0) is 12.7. The summed E-state index contributed by atoms with van der Waals surface area (Å²) in [6, 6.07) is 4.20. The van der Waals surface area contributed by atoms with Crippen LogP contribution in [0.25, 0.3) is 0 Å². The lowest BCUT2D eigenvalue weighted by Gasteiger charge is -2.29. The molecule has 1 aliphatic heterocycles. The number of hydrogen-bond donors (Lipinski definition) is 1. The Kier molecular flexibility index (Phi) is 2.56. The van der Waals surface area contributed by atoms with E-state index in [2.05, 4.69) is 4.98 Å². The maximum absolute atomic E-state index is 13.2. The molecule has 0 spiro atoms. The number of nitrogens with zero attached hydrogens (tertiary/aromatic N) is 2. The molecule has 0 saturated carbocycles. The summed E-state index contributed by atoms with van der Waals surface area (Å²) in [7, 11) is 1.86. The molecule has 2 heterocycles. The van der Waals surface area contributed by atoms with Gasteiger partial charge < -0.3 is 14.4 Å². The van der Waals surface area contributed by atoms with Crippen LogP contribution in [0, 0.1) is 5.82 Å². The van der Waals surface area contributed by atoms with Crippen molar-refractivity contribution in [1.82, 2.24) is 9.55 Å². The van der Waals surface area contributed by atoms with Crippen LogP contribution in [0.4, 0.5) is 4.39 Å². The predicted molar refractivity (Wildman–Crippen MR) is 62.6 cm³/mol. The highest BCUT2D eigenvalue weighted by Gasteiger charge is 2.29. The molecule has 3 rings (SSSR count). The van der Waals surface area contributed by atoms with Crippen molar-refractivity contribution < 1.29 is 14.2 Å². The Morgan fingerprint density at radius 3 is 3.06 bits per heavy atom. The number of rotatable bonds is 1. The van der Waals surface area contributed by atoms with Crippen molar-refractivity contribution >= 4 is 0 Å². The van der Waals surface area contributed by atoms with Crippen molar-refractivity contribution in [2.24, 2.45) is 7.05 Å². The summed E-state index contributed by atoms with van der Waals surface area (Å²) in [5, 5.41) is 10.1. The summed E-state index contributed by atoms with van der Waals surface area (Å²) in [6.07, 6.45) is 2.86. The van der Waals surface area contributed by atoms with E-state index in [1.165, 1.54) is 12.1 Å². The molecule has 1 unspecified atom stereocenters. The van der Waals surface area contributed by atoms with Crippen molar-refractivity contribution in [2.75, 3.05) is 0 Å². The highest BCUT2D eigenvalue weighted by molar-refractivity contribution is 5.38. The molecule has 1 aromatic heterocycles. The molecule has 2 aromatic rings. The second-order valence-corrected chi connectivity index (χ2v) is 4.47. The van der Waals surface area contributed by atoms with Crippen molar-refractivity contribution in [3.63, 3.8) is 0 Å². The number of aromatic nitrogens is 2. The average Bonchev–Trinajstić information content (AvgIpc) is 2.74. The van der Waals surface area contributed by atoms with Gasteiger partial charge in [0.05, 0.1) is 24.3 Å². The lowest BCUT2D eigenvalue weighted by Crippen LogP contribution is -2.20. The van der Waals surface area contributed by atoms with Gasteiger partial charge in [-0.3, -0.25) is 0 Å². The normalized spacial score (nSPS) is 22.4. The summed E-state index contributed by atoms with van der Waals surface area (Å²) in [6.45, 7) is 0. The number of halogens is 1. The smallest absolute Gasteiger partial charge is 0.143 e. The molecule has 1 aromatic carbocycles. The van der Waals surface area contributed by atoms with Gasteiger partial charge >= 0.3 is 0 Å². The maximum Gasteiger partial charge on any atom is 0.143 e. The Hall–Kier alpha value is -1.88. The highest BCUT2D eigenvalue weighted by atomic mass is 19.1. The van der Waals surface area contributed by atoms with Crippen LogP contribution in [0.2, 0.25) is 0 Å². The van der Waals surface area contributed by atoms with E-state index < -0.39 is 6.10 Å². The zero-order valence-corrected chi connectivity index (χ0v) is 9.88. The number of aliphatic hydroxyl groups is 1. The summed E-state index contributed by atoms with van der Waals surface area (Å²) >= 11 is 0. The fourth-order valence-electron chi connectivity index (χ4n) is 2.28. The molecule has 18 heavy (non-hydrogen) atoms. The van der Waals surface area contributed by atoms with Crippen LogP contribution in [-0.2, 0) is 7.05 Å². The lowest BCUT2D eigenvalue weighted by atomic mass is 9.97. The van der Waals surface area contributed by atoms with Gasteiger partial charge in [0, 0.05) is 25.1 Å². The van der Waals surface area contributed by atoms with Crippen molar-refractivity contribution in [2.45, 2.75) is 18.6 Å². The Morgan fingerprint density at radius 2 is 2.33 bits per heavy atom. The van der Waals surface area contributed by atoms with Crippen LogP contribution in [-0.4, -0.2) is 14.7 Å². The lowest BCUT2D eigenvalue weighted by molar-refractivity contribution is 0.0619. The number of aryl methyl sites for hydroxylation is 1. The molecule has 0 aliphatic carbocycles. The van der Waals surface area contributed by atoms with Gasteiger partial charge in [0.2, 0.25) is 0 Å². The first-order chi connectivity index (χ1) is 8.65. The Bertz CT molecular complexity index is 582. The van der Waals surface area contributed by atoms with E-state index in [9.17, 15) is 9.50 Å². The van der Waals surface area contributed by atoms with Gasteiger partial charge in [-0.2, -0.15) is 0 Å². The van der Waals surface area contributed by atoms with Gasteiger partial charge in [0.25, 0.3) is 0 Å². The number of benzene rings is 1. The Morgan fingerprint density at radius 1 is 1.50 bits per heavy atom. The number of aliphatic hydroxyl groups excluding tert-OH is 1. The molecule has 1 N–H and O–H groups in total. The molecule has 0 bridgehead atoms. The van der Waals surface area contributed by atoms with E-state index in [4.69, 9.17) is 4.74 Å². The number of imidazole rings is 1. The fraction of sp³-hybridized carbons (Fsp3) is 0.308. The molecule has 0 fully saturated rings. The summed E-state index contributed by atoms with van der Waals surface area (Å²) < 4.78 is 20.8. The predicted octanol–water partition coefficient (Wildman–Crippen LogP) is 2.12. The minimum Gasteiger partial charge on any atom is -0.484 e. The van der Waals surface area contributed by atoms with Crippen LogP contribution in [0.15, 0.2) is 30.7 Å². The van der Waals surface area contributed by atoms with E-state index in [0.717, 1.165) is 5.69 Å². The van der Waals surface area contributed by atoms with E-state index in [-0.39, 0.29) is 11.9 Å². The fourth-order valence-corrected chi connectivity index (χ4v) is 2.28. The maximum atomic E-state index is 13.2. The van der Waals surface area contributed by atoms with Gasteiger partial charge in [-0.15, -0.1) is 0 Å². The van der Waals surface area contributed by atoms with Crippen LogP contribution in [0.1, 0.15) is 29.9 Å². The number of ether oxygens (including phenoxy) is 1. The molecular formula is C13H13FN2O2. The van der Waals surface area contributed by atoms with E-state index >= 15 is 0 Å². The second kappa shape index (κ2) is 4.10. The van der Waals surface area contributed by atoms with Crippen LogP contribution >= 0.6 is 0 Å². The molecule has 0 saturated heterocycles. The molecule has 5 heteroatoms. The number of fused-ring (bicyclic) bond motifs is 1. The second-order valence-electron chi connectivity index (χ2n) is 4.47. The van der Waals surface area contributed by atoms with Crippen molar-refractivity contribution in [3.05, 3.63) is 47.8 Å². The number of hydrogen-bond acceptors (Lipinski definition) is 3. The topological polar surface area (TPSA) is 47.3 Å². The van der Waals surface area contributed by atoms with Crippen LogP contribution in [0.5, 0.6) is 5.75 Å². The molecule has 1 aliphatic rings. The van der Waals surface area contributed by atoms with Crippen LogP contribution in [0.3, 0.4) is 0 Å². The van der Waals surface area contributed by atoms with Crippen LogP contribution < -0.4 is 4.74 Å². The molecular weight excluding hydrogens is 235 g/mol. The quantitative estimate of drug-likeness (QED) is 0.840. The largest absolute Gasteiger partial charge is 0.484 e. The minimum absolute atomic E-state index is 0.304. The van der Waals surface area contributed by atoms with E-state index in [0.29, 0.717) is 17.7 Å². The van der Waals surface area contributed by atoms with E-state index in [1.54, 1.807) is 18.6 Å². The standard InChI is InChI=1S/C13H13FN2O2/c1-16-7-15-6-10(16)13-5-11(17)9-3-2-8(14)4-12(9)18-13/h2-4,6-7,11,13,17H,5H2,1H3/t11-,13?/m0/s1. The molecule has 0 amide bonds. The summed E-state index contributed by atoms with van der Waals surface area (Å²) in [4.78, 5) is 4.02. The first kappa shape index (κ1) is 11.2. The third-order valence-electron chi connectivity index (χ3n) is 3.23. The van der Waals surface area contributed by atoms with Gasteiger partial charge in [-0.1, -0.05) is 0 Å². The molecule has 4 nitrogen and oxygen atoms in total. The molecule has 0 radical (unpaired) electrons. The third-order valence-corrected chi connectivity index (χ3v) is 3.23. The minimum atomic E-state index is -0.644. The average molecular weight is 248 g/mol. The summed E-state index contributed by atoms with van der Waals surface area (Å²) in [5.41, 5.74) is 1.50. The van der Waals surface area contributed by atoms with Gasteiger partial charge in [-0.25, -0.2) is 9.37 Å². The van der Waals surface area contributed by atoms with Crippen molar-refractivity contribution in [3.8, 4) is 5.75 Å². The Balaban J connectivity index is 1.98. The first-order valence-electron chi connectivity index (χ1n) is 5.75. The Labute approximate surface area is 104 Å². The monoisotopic (exact) mass is 248 g/mol. The zero-order valence-electron chi connectivity index (χ0n) is 9.88. The SMILES string of the molecule is Cn1cncc1C1C[C@H](O)c2ccc(F)cc2O1. The van der Waals surface area contributed by atoms with Gasteiger partial charge in [0.1, 0.15) is 17.7 Å².